The fourth-order valence-corrected chi connectivity index (χ4v) is 6.95. The summed E-state index contributed by atoms with van der Waals surface area (Å²) in [5, 5.41) is 54.3. The van der Waals surface area contributed by atoms with Crippen molar-refractivity contribution in [3.05, 3.63) is 0 Å². The van der Waals surface area contributed by atoms with Gasteiger partial charge in [0.1, 0.15) is 0 Å². The van der Waals surface area contributed by atoms with Gasteiger partial charge in [-0.05, 0) is 75.5 Å². The minimum absolute atomic E-state index is 0.437. The number of hydrogen-bond acceptors (Lipinski definition) is 6. The molecule has 0 amide bonds. The number of hydrogen-bond donors (Lipinski definition) is 6. The maximum Gasteiger partial charge on any atom is 0.309 e. The number of carboxylic acid groups (broad SMARTS) is 6. The van der Waals surface area contributed by atoms with Gasteiger partial charge in [0.2, 0.25) is 0 Å². The van der Waals surface area contributed by atoms with Crippen LogP contribution in [0.4, 0.5) is 0 Å². The van der Waals surface area contributed by atoms with Crippen molar-refractivity contribution in [3.8, 4) is 0 Å². The van der Waals surface area contributed by atoms with Crippen LogP contribution in [0.15, 0.2) is 0 Å². The molecule has 3 rings (SSSR count). The van der Waals surface area contributed by atoms with Crippen molar-refractivity contribution < 1.29 is 59.4 Å². The van der Waals surface area contributed by atoms with E-state index in [0.29, 0.717) is 38.5 Å². The Morgan fingerprint density at radius 1 is 0.405 bits per heavy atom. The van der Waals surface area contributed by atoms with Crippen LogP contribution in [-0.4, -0.2) is 66.5 Å². The van der Waals surface area contributed by atoms with Crippen LogP contribution in [0.5, 0.6) is 0 Å². The van der Waals surface area contributed by atoms with Crippen LogP contribution in [0.2, 0.25) is 0 Å². The third kappa shape index (κ3) is 5.86. The van der Waals surface area contributed by atoms with Crippen LogP contribution in [0.1, 0.15) is 101 Å². The van der Waals surface area contributed by atoms with E-state index in [0.717, 1.165) is 0 Å². The molecule has 12 nitrogen and oxygen atoms in total. The van der Waals surface area contributed by atoms with Gasteiger partial charge < -0.3 is 30.6 Å². The molecule has 0 aliphatic heterocycles. The molecule has 0 aromatic rings. The maximum absolute atomic E-state index is 11.1. The average molecular weight is 601 g/mol. The Kier molecular flexibility index (Phi) is 10.4. The predicted octanol–water partition coefficient (Wildman–Crippen LogP) is 4.79. The number of carbonyl (C=O) groups is 6. The Labute approximate surface area is 246 Å². The summed E-state index contributed by atoms with van der Waals surface area (Å²) >= 11 is 0. The molecule has 3 saturated carbocycles. The van der Waals surface area contributed by atoms with Gasteiger partial charge in [0.15, 0.2) is 0 Å². The summed E-state index contributed by atoms with van der Waals surface area (Å²) in [5.74, 6) is -7.01. The van der Waals surface area contributed by atoms with Crippen molar-refractivity contribution in [2.45, 2.75) is 101 Å². The molecule has 0 radical (unpaired) electrons. The Morgan fingerprint density at radius 2 is 0.571 bits per heavy atom. The molecule has 240 valence electrons. The third-order valence-corrected chi connectivity index (χ3v) is 12.0. The molecule has 3 aliphatic rings. The maximum atomic E-state index is 11.1. The predicted molar refractivity (Wildman–Crippen MR) is 150 cm³/mol. The van der Waals surface area contributed by atoms with E-state index in [4.69, 9.17) is 30.6 Å². The van der Waals surface area contributed by atoms with E-state index < -0.39 is 86.1 Å². The first-order valence-corrected chi connectivity index (χ1v) is 14.1. The lowest BCUT2D eigenvalue weighted by molar-refractivity contribution is -0.159. The minimum Gasteiger partial charge on any atom is -0.481 e. The second-order valence-corrected chi connectivity index (χ2v) is 14.4. The molecule has 6 N–H and O–H groups in total. The van der Waals surface area contributed by atoms with Gasteiger partial charge in [0.05, 0.1) is 34.0 Å². The number of rotatable bonds is 6. The Bertz CT molecular complexity index is 983. The summed E-state index contributed by atoms with van der Waals surface area (Å²) in [5.41, 5.74) is -4.83. The molecular weight excluding hydrogens is 552 g/mol. The molecule has 12 heteroatoms. The molecule has 0 heterocycles. The largest absolute Gasteiger partial charge is 0.481 e. The van der Waals surface area contributed by atoms with Crippen LogP contribution >= 0.6 is 0 Å². The van der Waals surface area contributed by atoms with Crippen molar-refractivity contribution in [2.24, 2.45) is 50.2 Å². The first kappa shape index (κ1) is 36.8. The van der Waals surface area contributed by atoms with E-state index in [-0.39, 0.29) is 0 Å². The first-order valence-electron chi connectivity index (χ1n) is 14.1. The molecule has 6 atom stereocenters. The van der Waals surface area contributed by atoms with E-state index >= 15 is 0 Å². The third-order valence-electron chi connectivity index (χ3n) is 12.0. The van der Waals surface area contributed by atoms with Gasteiger partial charge in [-0.2, -0.15) is 0 Å². The standard InChI is InChI=1S/3C10H16O4/c3*1-9(2)6(7(11)12)4-5-10(9,3)8(13)14/h3*6H,4-5H2,1-3H3,(H,11,12)(H,13,14)/t6?,10-;6-,10+;6-,10-/m011/s1. The van der Waals surface area contributed by atoms with E-state index in [1.54, 1.807) is 62.3 Å². The molecule has 3 aliphatic carbocycles. The summed E-state index contributed by atoms with van der Waals surface area (Å²) in [4.78, 5) is 66.1. The molecular formula is C30H48O12. The summed E-state index contributed by atoms with van der Waals surface area (Å²) in [7, 11) is 0. The van der Waals surface area contributed by atoms with Crippen LogP contribution in [0, 0.1) is 50.2 Å². The fourth-order valence-electron chi connectivity index (χ4n) is 6.95. The van der Waals surface area contributed by atoms with Gasteiger partial charge in [-0.25, -0.2) is 0 Å². The Hall–Kier alpha value is -3.18. The van der Waals surface area contributed by atoms with Gasteiger partial charge >= 0.3 is 35.8 Å². The van der Waals surface area contributed by atoms with Gasteiger partial charge in [0, 0.05) is 0 Å². The second-order valence-electron chi connectivity index (χ2n) is 14.4. The Balaban J connectivity index is 0.000000315. The van der Waals surface area contributed by atoms with Gasteiger partial charge in [0.25, 0.3) is 0 Å². The molecule has 3 fully saturated rings. The van der Waals surface area contributed by atoms with Crippen LogP contribution in [-0.2, 0) is 28.8 Å². The van der Waals surface area contributed by atoms with Crippen LogP contribution in [0.3, 0.4) is 0 Å². The van der Waals surface area contributed by atoms with E-state index in [1.165, 1.54) is 0 Å². The minimum atomic E-state index is -0.921. The number of aliphatic carboxylic acids is 6. The lowest BCUT2D eigenvalue weighted by atomic mass is 9.66. The zero-order valence-electron chi connectivity index (χ0n) is 26.1. The highest BCUT2D eigenvalue weighted by Crippen LogP contribution is 2.58. The first-order chi connectivity index (χ1) is 18.7. The van der Waals surface area contributed by atoms with E-state index in [2.05, 4.69) is 0 Å². The fraction of sp³-hybridized carbons (Fsp3) is 0.800. The van der Waals surface area contributed by atoms with Crippen molar-refractivity contribution in [2.75, 3.05) is 0 Å². The van der Waals surface area contributed by atoms with Gasteiger partial charge in [-0.3, -0.25) is 28.8 Å². The summed E-state index contributed by atoms with van der Waals surface area (Å²) in [6.45, 7) is 15.3. The zero-order valence-corrected chi connectivity index (χ0v) is 26.1. The SMILES string of the molecule is CC1(C)C(C(=O)O)CC[C@@]1(C)C(=O)O.CC1(C)[C@@H](C(=O)O)CC[C@@]1(C)C(=O)O.CC1(C)[C@@H](C(=O)O)CC[C@]1(C)C(=O)O. The molecule has 0 aromatic heterocycles. The molecule has 0 saturated heterocycles. The molecule has 1 unspecified atom stereocenters. The quantitative estimate of drug-likeness (QED) is 0.242. The van der Waals surface area contributed by atoms with Crippen LogP contribution < -0.4 is 0 Å². The average Bonchev–Trinajstić information content (AvgIpc) is 3.33. The highest BCUT2D eigenvalue weighted by atomic mass is 16.4. The van der Waals surface area contributed by atoms with Gasteiger partial charge in [-0.15, -0.1) is 0 Å². The van der Waals surface area contributed by atoms with Crippen molar-refractivity contribution in [3.63, 3.8) is 0 Å². The normalized spacial score (nSPS) is 35.5. The van der Waals surface area contributed by atoms with E-state index in [1.807, 2.05) is 0 Å². The molecule has 0 bridgehead atoms. The monoisotopic (exact) mass is 600 g/mol. The summed E-state index contributed by atoms with van der Waals surface area (Å²) in [6.07, 6.45) is 2.66. The summed E-state index contributed by atoms with van der Waals surface area (Å²) < 4.78 is 0. The van der Waals surface area contributed by atoms with Gasteiger partial charge in [-0.1, -0.05) is 41.5 Å². The van der Waals surface area contributed by atoms with Crippen LogP contribution in [0.25, 0.3) is 0 Å². The summed E-state index contributed by atoms with van der Waals surface area (Å²) in [6, 6.07) is 0. The lowest BCUT2D eigenvalue weighted by Crippen LogP contribution is -2.42. The lowest BCUT2D eigenvalue weighted by Gasteiger charge is -2.36. The highest BCUT2D eigenvalue weighted by molar-refractivity contribution is 5.81. The Morgan fingerprint density at radius 3 is 0.643 bits per heavy atom. The topological polar surface area (TPSA) is 224 Å². The molecule has 0 aromatic carbocycles. The van der Waals surface area contributed by atoms with Crippen molar-refractivity contribution in [1.82, 2.24) is 0 Å². The van der Waals surface area contributed by atoms with Crippen molar-refractivity contribution >= 4 is 35.8 Å². The molecule has 42 heavy (non-hydrogen) atoms. The highest BCUT2D eigenvalue weighted by Gasteiger charge is 2.60. The van der Waals surface area contributed by atoms with Crippen molar-refractivity contribution in [1.29, 1.82) is 0 Å². The van der Waals surface area contributed by atoms with E-state index in [9.17, 15) is 28.8 Å². The number of carboxylic acids is 6. The molecule has 0 spiro atoms. The second kappa shape index (κ2) is 11.8. The smallest absolute Gasteiger partial charge is 0.309 e. The zero-order chi connectivity index (χ0) is 33.4.